The molecule has 0 unspecified atom stereocenters. The van der Waals surface area contributed by atoms with E-state index in [1.807, 2.05) is 30.3 Å². The van der Waals surface area contributed by atoms with Crippen LogP contribution in [0.5, 0.6) is 0 Å². The fourth-order valence-corrected chi connectivity index (χ4v) is 1.47. The zero-order chi connectivity index (χ0) is 12.1. The minimum absolute atomic E-state index is 0.105. The molecule has 4 nitrogen and oxygen atoms in total. The molecule has 17 heavy (non-hydrogen) atoms. The topological polar surface area (TPSA) is 63.1 Å². The van der Waals surface area contributed by atoms with Crippen molar-refractivity contribution in [3.63, 3.8) is 0 Å². The van der Waals surface area contributed by atoms with E-state index in [1.54, 1.807) is 12.4 Å². The first-order valence-corrected chi connectivity index (χ1v) is 5.34. The first-order valence-electron chi connectivity index (χ1n) is 5.34. The van der Waals surface area contributed by atoms with Crippen molar-refractivity contribution in [3.8, 4) is 11.4 Å². The van der Waals surface area contributed by atoms with Gasteiger partial charge < -0.3 is 5.11 Å². The molecule has 2 rings (SSSR count). The molecule has 0 radical (unpaired) electrons. The van der Waals surface area contributed by atoms with Crippen LogP contribution in [0.4, 0.5) is 0 Å². The van der Waals surface area contributed by atoms with Crippen LogP contribution in [0.25, 0.3) is 11.4 Å². The summed E-state index contributed by atoms with van der Waals surface area (Å²) < 4.78 is 0. The third-order valence-electron chi connectivity index (χ3n) is 2.36. The Morgan fingerprint density at radius 2 is 1.76 bits per heavy atom. The van der Waals surface area contributed by atoms with Crippen molar-refractivity contribution in [2.45, 2.75) is 12.8 Å². The monoisotopic (exact) mass is 228 g/mol. The molecule has 4 heteroatoms. The van der Waals surface area contributed by atoms with Crippen molar-refractivity contribution in [2.24, 2.45) is 0 Å². The molecule has 1 N–H and O–H groups in total. The highest BCUT2D eigenvalue weighted by atomic mass is 16.4. The summed E-state index contributed by atoms with van der Waals surface area (Å²) in [6, 6.07) is 9.66. The van der Waals surface area contributed by atoms with Gasteiger partial charge in [0.1, 0.15) is 0 Å². The highest BCUT2D eigenvalue weighted by Crippen LogP contribution is 2.13. The van der Waals surface area contributed by atoms with Crippen molar-refractivity contribution in [3.05, 3.63) is 48.3 Å². The van der Waals surface area contributed by atoms with Gasteiger partial charge in [-0.25, -0.2) is 9.97 Å². The normalized spacial score (nSPS) is 10.1. The van der Waals surface area contributed by atoms with Gasteiger partial charge in [0.25, 0.3) is 0 Å². The summed E-state index contributed by atoms with van der Waals surface area (Å²) >= 11 is 0. The number of rotatable bonds is 4. The van der Waals surface area contributed by atoms with E-state index in [9.17, 15) is 4.79 Å². The molecule has 0 atom stereocenters. The number of hydrogen-bond acceptors (Lipinski definition) is 3. The maximum absolute atomic E-state index is 10.4. The van der Waals surface area contributed by atoms with Crippen LogP contribution in [0.1, 0.15) is 12.0 Å². The summed E-state index contributed by atoms with van der Waals surface area (Å²) in [6.45, 7) is 0. The van der Waals surface area contributed by atoms with Crippen LogP contribution in [-0.2, 0) is 11.2 Å². The lowest BCUT2D eigenvalue weighted by atomic mass is 10.2. The molecule has 0 spiro atoms. The van der Waals surface area contributed by atoms with Crippen LogP contribution in [0.2, 0.25) is 0 Å². The van der Waals surface area contributed by atoms with Crippen molar-refractivity contribution < 1.29 is 9.90 Å². The second-order valence-electron chi connectivity index (χ2n) is 3.67. The molecule has 0 fully saturated rings. The minimum atomic E-state index is -0.808. The maximum atomic E-state index is 10.4. The van der Waals surface area contributed by atoms with Crippen molar-refractivity contribution in [1.29, 1.82) is 0 Å². The number of carbonyl (C=O) groups is 1. The Balaban J connectivity index is 2.11. The Morgan fingerprint density at radius 3 is 2.35 bits per heavy atom. The fraction of sp³-hybridized carbons (Fsp3) is 0.154. The molecule has 1 heterocycles. The van der Waals surface area contributed by atoms with Crippen LogP contribution in [0.15, 0.2) is 42.7 Å². The molecule has 0 aliphatic heterocycles. The molecule has 0 aliphatic rings. The summed E-state index contributed by atoms with van der Waals surface area (Å²) in [5.74, 6) is -0.151. The smallest absolute Gasteiger partial charge is 0.303 e. The van der Waals surface area contributed by atoms with E-state index in [0.29, 0.717) is 12.2 Å². The number of hydrogen-bond donors (Lipinski definition) is 1. The summed E-state index contributed by atoms with van der Waals surface area (Å²) in [4.78, 5) is 18.9. The number of carboxylic acids is 1. The molecule has 1 aromatic carbocycles. The Kier molecular flexibility index (Phi) is 3.45. The van der Waals surface area contributed by atoms with Crippen LogP contribution in [0.3, 0.4) is 0 Å². The van der Waals surface area contributed by atoms with E-state index in [2.05, 4.69) is 9.97 Å². The highest BCUT2D eigenvalue weighted by molar-refractivity contribution is 5.67. The number of carboxylic acid groups (broad SMARTS) is 1. The average molecular weight is 228 g/mol. The van der Waals surface area contributed by atoms with E-state index >= 15 is 0 Å². The first kappa shape index (κ1) is 11.3. The van der Waals surface area contributed by atoms with E-state index < -0.39 is 5.97 Å². The predicted octanol–water partition coefficient (Wildman–Crippen LogP) is 2.16. The average Bonchev–Trinajstić information content (AvgIpc) is 2.38. The molecule has 2 aromatic rings. The van der Waals surface area contributed by atoms with Gasteiger partial charge in [-0.1, -0.05) is 30.3 Å². The van der Waals surface area contributed by atoms with Gasteiger partial charge in [-0.3, -0.25) is 4.79 Å². The van der Waals surface area contributed by atoms with Gasteiger partial charge in [-0.05, 0) is 12.0 Å². The van der Waals surface area contributed by atoms with Gasteiger partial charge in [0.15, 0.2) is 5.82 Å². The second-order valence-corrected chi connectivity index (χ2v) is 3.67. The van der Waals surface area contributed by atoms with Crippen molar-refractivity contribution >= 4 is 5.97 Å². The SMILES string of the molecule is O=C(O)CCc1cnc(-c2ccccc2)nc1. The molecule has 0 saturated heterocycles. The lowest BCUT2D eigenvalue weighted by Gasteiger charge is -2.01. The van der Waals surface area contributed by atoms with E-state index in [0.717, 1.165) is 11.1 Å². The number of aliphatic carboxylic acids is 1. The molecule has 86 valence electrons. The second kappa shape index (κ2) is 5.21. The van der Waals surface area contributed by atoms with Crippen molar-refractivity contribution in [1.82, 2.24) is 9.97 Å². The number of benzene rings is 1. The van der Waals surface area contributed by atoms with Crippen LogP contribution < -0.4 is 0 Å². The summed E-state index contributed by atoms with van der Waals surface area (Å²) in [5.41, 5.74) is 1.80. The minimum Gasteiger partial charge on any atom is -0.481 e. The summed E-state index contributed by atoms with van der Waals surface area (Å²) in [6.07, 6.45) is 3.93. The predicted molar refractivity (Wildman–Crippen MR) is 63.4 cm³/mol. The lowest BCUT2D eigenvalue weighted by molar-refractivity contribution is -0.136. The maximum Gasteiger partial charge on any atom is 0.303 e. The standard InChI is InChI=1S/C13H12N2O2/c16-12(17)7-6-10-8-14-13(15-9-10)11-4-2-1-3-5-11/h1-5,8-9H,6-7H2,(H,16,17). The van der Waals surface area contributed by atoms with Gasteiger partial charge in [-0.2, -0.15) is 0 Å². The van der Waals surface area contributed by atoms with E-state index in [-0.39, 0.29) is 6.42 Å². The summed E-state index contributed by atoms with van der Waals surface area (Å²) in [5, 5.41) is 8.57. The molecule has 1 aromatic heterocycles. The molecule has 0 bridgehead atoms. The Hall–Kier alpha value is -2.23. The summed E-state index contributed by atoms with van der Waals surface area (Å²) in [7, 11) is 0. The van der Waals surface area contributed by atoms with Gasteiger partial charge >= 0.3 is 5.97 Å². The zero-order valence-corrected chi connectivity index (χ0v) is 9.21. The molecular weight excluding hydrogens is 216 g/mol. The molecular formula is C13H12N2O2. The fourth-order valence-electron chi connectivity index (χ4n) is 1.47. The number of nitrogens with zero attached hydrogens (tertiary/aromatic N) is 2. The third-order valence-corrected chi connectivity index (χ3v) is 2.36. The highest BCUT2D eigenvalue weighted by Gasteiger charge is 2.02. The van der Waals surface area contributed by atoms with Crippen LogP contribution >= 0.6 is 0 Å². The lowest BCUT2D eigenvalue weighted by Crippen LogP contribution is -1.99. The van der Waals surface area contributed by atoms with Gasteiger partial charge in [0, 0.05) is 24.4 Å². The first-order chi connectivity index (χ1) is 8.25. The van der Waals surface area contributed by atoms with E-state index in [1.165, 1.54) is 0 Å². The molecule has 0 saturated carbocycles. The largest absolute Gasteiger partial charge is 0.481 e. The quantitative estimate of drug-likeness (QED) is 0.871. The molecule has 0 amide bonds. The Bertz CT molecular complexity index is 495. The third kappa shape index (κ3) is 3.11. The van der Waals surface area contributed by atoms with Gasteiger partial charge in [0.2, 0.25) is 0 Å². The van der Waals surface area contributed by atoms with Gasteiger partial charge in [0.05, 0.1) is 0 Å². The van der Waals surface area contributed by atoms with Crippen molar-refractivity contribution in [2.75, 3.05) is 0 Å². The molecule has 0 aliphatic carbocycles. The van der Waals surface area contributed by atoms with Crippen LogP contribution in [0, 0.1) is 0 Å². The Labute approximate surface area is 99.0 Å². The van der Waals surface area contributed by atoms with E-state index in [4.69, 9.17) is 5.11 Å². The Morgan fingerprint density at radius 1 is 1.12 bits per heavy atom. The van der Waals surface area contributed by atoms with Crippen LogP contribution in [-0.4, -0.2) is 21.0 Å². The zero-order valence-electron chi connectivity index (χ0n) is 9.21. The number of aromatic nitrogens is 2. The number of aryl methyl sites for hydroxylation is 1. The van der Waals surface area contributed by atoms with Gasteiger partial charge in [-0.15, -0.1) is 0 Å².